The average Bonchev–Trinajstić information content (AvgIpc) is 2.80. The van der Waals surface area contributed by atoms with Crippen molar-refractivity contribution in [2.45, 2.75) is 19.4 Å². The van der Waals surface area contributed by atoms with Gasteiger partial charge in [0, 0.05) is 12.5 Å². The summed E-state index contributed by atoms with van der Waals surface area (Å²) in [7, 11) is 0. The second kappa shape index (κ2) is 8.11. The molecule has 1 heterocycles. The number of rotatable bonds is 6. The van der Waals surface area contributed by atoms with Crippen molar-refractivity contribution in [3.05, 3.63) is 34.7 Å². The third kappa shape index (κ3) is 4.46. The number of para-hydroxylation sites is 1. The maximum absolute atomic E-state index is 12.6. The van der Waals surface area contributed by atoms with Crippen molar-refractivity contribution in [3.63, 3.8) is 0 Å². The average molecular weight is 395 g/mol. The fourth-order valence-corrected chi connectivity index (χ4v) is 3.54. The molecule has 0 saturated carbocycles. The minimum absolute atomic E-state index is 0.0557. The zero-order valence-corrected chi connectivity index (χ0v) is 15.0. The van der Waals surface area contributed by atoms with Crippen molar-refractivity contribution < 1.29 is 34.1 Å². The van der Waals surface area contributed by atoms with Crippen LogP contribution in [-0.2, 0) is 19.2 Å². The predicted octanol–water partition coefficient (Wildman–Crippen LogP) is 1.74. The first-order chi connectivity index (χ1) is 12.2. The molecule has 8 nitrogen and oxygen atoms in total. The first-order valence-electron chi connectivity index (χ1n) is 7.19. The van der Waals surface area contributed by atoms with E-state index in [1.54, 1.807) is 24.3 Å². The van der Waals surface area contributed by atoms with Gasteiger partial charge < -0.3 is 14.9 Å². The molecule has 2 N–H and O–H groups in total. The van der Waals surface area contributed by atoms with Crippen LogP contribution in [0.3, 0.4) is 0 Å². The minimum Gasteiger partial charge on any atom is -0.481 e. The summed E-state index contributed by atoms with van der Waals surface area (Å²) < 4.78 is 5.00. The Balaban J connectivity index is 2.36. The van der Waals surface area contributed by atoms with Crippen molar-refractivity contribution in [2.24, 2.45) is 0 Å². The zero-order valence-electron chi connectivity index (χ0n) is 13.4. The summed E-state index contributed by atoms with van der Waals surface area (Å²) in [6.07, 6.45) is 0.635. The van der Waals surface area contributed by atoms with Gasteiger partial charge >= 0.3 is 17.9 Å². The van der Waals surface area contributed by atoms with E-state index in [0.717, 1.165) is 16.7 Å². The molecule has 0 aromatic heterocycles. The summed E-state index contributed by atoms with van der Waals surface area (Å²) in [5.74, 6) is -3.86. The first kappa shape index (κ1) is 19.6. The molecule has 1 unspecified atom stereocenters. The number of carbonyl (C=O) groups is 4. The Hall–Kier alpha value is -2.72. The van der Waals surface area contributed by atoms with Crippen LogP contribution < -0.4 is 4.74 Å². The number of hydrogen-bond donors (Lipinski definition) is 2. The Labute approximate surface area is 157 Å². The fraction of sp³-hybridized carbons (Fsp3) is 0.188. The lowest BCUT2D eigenvalue weighted by Crippen LogP contribution is -2.45. The van der Waals surface area contributed by atoms with Gasteiger partial charge in [-0.3, -0.25) is 19.3 Å². The van der Waals surface area contributed by atoms with Gasteiger partial charge in [-0.15, -0.1) is 0 Å². The molecule has 1 aliphatic heterocycles. The summed E-state index contributed by atoms with van der Waals surface area (Å²) in [5.41, 5.74) is 0.424. The Kier molecular flexibility index (Phi) is 6.11. The highest BCUT2D eigenvalue weighted by Gasteiger charge is 2.41. The van der Waals surface area contributed by atoms with Gasteiger partial charge in [0.1, 0.15) is 16.1 Å². The van der Waals surface area contributed by atoms with E-state index in [2.05, 4.69) is 0 Å². The lowest BCUT2D eigenvalue weighted by molar-refractivity contribution is -0.150. The molecule has 0 spiro atoms. The molecule has 0 radical (unpaired) electrons. The second-order valence-electron chi connectivity index (χ2n) is 5.14. The molecule has 0 bridgehead atoms. The van der Waals surface area contributed by atoms with Crippen LogP contribution in [0.5, 0.6) is 5.75 Å². The molecule has 2 rings (SSSR count). The third-order valence-electron chi connectivity index (χ3n) is 3.25. The van der Waals surface area contributed by atoms with Gasteiger partial charge in [-0.25, -0.2) is 4.79 Å². The number of hydrogen-bond acceptors (Lipinski definition) is 7. The maximum Gasteiger partial charge on any atom is 0.327 e. The van der Waals surface area contributed by atoms with Crippen molar-refractivity contribution >= 4 is 58.2 Å². The summed E-state index contributed by atoms with van der Waals surface area (Å²) in [6.45, 7) is 1.24. The monoisotopic (exact) mass is 395 g/mol. The molecule has 0 aliphatic carbocycles. The second-order valence-corrected chi connectivity index (χ2v) is 6.81. The van der Waals surface area contributed by atoms with Crippen molar-refractivity contribution in [1.29, 1.82) is 0 Å². The van der Waals surface area contributed by atoms with Gasteiger partial charge in [0.05, 0.1) is 11.3 Å². The van der Waals surface area contributed by atoms with Gasteiger partial charge in [-0.2, -0.15) is 0 Å². The van der Waals surface area contributed by atoms with E-state index >= 15 is 0 Å². The highest BCUT2D eigenvalue weighted by atomic mass is 32.2. The number of carbonyl (C=O) groups excluding carboxylic acids is 2. The summed E-state index contributed by atoms with van der Waals surface area (Å²) in [5, 5.41) is 18.1. The Morgan fingerprint density at radius 1 is 1.31 bits per heavy atom. The highest BCUT2D eigenvalue weighted by molar-refractivity contribution is 8.26. The van der Waals surface area contributed by atoms with E-state index < -0.39 is 36.3 Å². The number of esters is 1. The molecular formula is C16H13NO7S2. The van der Waals surface area contributed by atoms with Crippen LogP contribution in [0.2, 0.25) is 0 Å². The number of thiocarbonyl (C=S) groups is 1. The van der Waals surface area contributed by atoms with Crippen LogP contribution in [0.25, 0.3) is 6.08 Å². The van der Waals surface area contributed by atoms with Crippen molar-refractivity contribution in [2.75, 3.05) is 0 Å². The molecule has 1 atom stereocenters. The lowest BCUT2D eigenvalue weighted by atomic mass is 10.1. The first-order valence-corrected chi connectivity index (χ1v) is 8.42. The van der Waals surface area contributed by atoms with Gasteiger partial charge in [-0.05, 0) is 12.1 Å². The number of carboxylic acid groups (broad SMARTS) is 2. The smallest absolute Gasteiger partial charge is 0.327 e. The lowest BCUT2D eigenvalue weighted by Gasteiger charge is -2.21. The highest BCUT2D eigenvalue weighted by Crippen LogP contribution is 2.36. The van der Waals surface area contributed by atoms with E-state index in [4.69, 9.17) is 22.1 Å². The normalized spacial score (nSPS) is 16.7. The third-order valence-corrected chi connectivity index (χ3v) is 4.58. The zero-order chi connectivity index (χ0) is 19.4. The minimum atomic E-state index is -1.60. The summed E-state index contributed by atoms with van der Waals surface area (Å²) in [6, 6.07) is 4.86. The molecule has 1 aromatic carbocycles. The van der Waals surface area contributed by atoms with Crippen LogP contribution in [0.1, 0.15) is 18.9 Å². The summed E-state index contributed by atoms with van der Waals surface area (Å²) >= 11 is 5.90. The maximum atomic E-state index is 12.6. The van der Waals surface area contributed by atoms with E-state index in [1.165, 1.54) is 13.0 Å². The topological polar surface area (TPSA) is 121 Å². The molecule has 1 amide bonds. The molecule has 1 fully saturated rings. The molecule has 1 saturated heterocycles. The van der Waals surface area contributed by atoms with E-state index in [-0.39, 0.29) is 15.0 Å². The predicted molar refractivity (Wildman–Crippen MR) is 96.4 cm³/mol. The summed E-state index contributed by atoms with van der Waals surface area (Å²) in [4.78, 5) is 46.9. The number of amides is 1. The molecule has 1 aromatic rings. The molecule has 26 heavy (non-hydrogen) atoms. The van der Waals surface area contributed by atoms with E-state index in [1.807, 2.05) is 0 Å². The molecule has 136 valence electrons. The molecule has 1 aliphatic rings. The fourth-order valence-electron chi connectivity index (χ4n) is 2.19. The SMILES string of the molecule is CC(=O)Oc1ccccc1/C=C1\SC(=S)N(C(CC(=O)O)C(=O)O)C1=O. The van der Waals surface area contributed by atoms with Gasteiger partial charge in [0.2, 0.25) is 0 Å². The number of aliphatic carboxylic acids is 2. The van der Waals surface area contributed by atoms with E-state index in [0.29, 0.717) is 5.56 Å². The number of carboxylic acids is 2. The quantitative estimate of drug-likeness (QED) is 0.321. The van der Waals surface area contributed by atoms with Gasteiger partial charge in [-0.1, -0.05) is 42.2 Å². The Bertz CT molecular complexity index is 834. The van der Waals surface area contributed by atoms with Crippen LogP contribution >= 0.6 is 24.0 Å². The number of nitrogens with zero attached hydrogens (tertiary/aromatic N) is 1. The number of thioether (sulfide) groups is 1. The number of ether oxygens (including phenoxy) is 1. The number of benzene rings is 1. The molecular weight excluding hydrogens is 382 g/mol. The van der Waals surface area contributed by atoms with Gasteiger partial charge in [0.25, 0.3) is 5.91 Å². The van der Waals surface area contributed by atoms with Crippen LogP contribution in [0.4, 0.5) is 0 Å². The van der Waals surface area contributed by atoms with Crippen LogP contribution in [0, 0.1) is 0 Å². The Morgan fingerprint density at radius 3 is 2.54 bits per heavy atom. The van der Waals surface area contributed by atoms with E-state index in [9.17, 15) is 24.3 Å². The van der Waals surface area contributed by atoms with Gasteiger partial charge in [0.15, 0.2) is 0 Å². The van der Waals surface area contributed by atoms with Crippen molar-refractivity contribution in [3.8, 4) is 5.75 Å². The standard InChI is InChI=1S/C16H13NO7S2/c1-8(18)24-11-5-3-2-4-9(11)6-12-14(21)17(16(25)26-12)10(15(22)23)7-13(19)20/h2-6,10H,7H2,1H3,(H,19,20)(H,22,23)/b12-6-. The Morgan fingerprint density at radius 2 is 1.96 bits per heavy atom. The van der Waals surface area contributed by atoms with Crippen molar-refractivity contribution in [1.82, 2.24) is 4.90 Å². The largest absolute Gasteiger partial charge is 0.481 e. The van der Waals surface area contributed by atoms with Crippen LogP contribution in [0.15, 0.2) is 29.2 Å². The molecule has 10 heteroatoms. The van der Waals surface area contributed by atoms with Crippen LogP contribution in [-0.4, -0.2) is 49.3 Å².